The molecule has 0 radical (unpaired) electrons. The Kier molecular flexibility index (Phi) is 30.3. The van der Waals surface area contributed by atoms with Crippen molar-refractivity contribution in [2.75, 3.05) is 59.1 Å². The lowest BCUT2D eigenvalue weighted by Gasteiger charge is -2.22. The zero-order chi connectivity index (χ0) is 46.2. The summed E-state index contributed by atoms with van der Waals surface area (Å²) in [6.45, 7) is 9.67. The molecule has 0 aromatic carbocycles. The number of nitrogens with one attached hydrogen (secondary N) is 5. The highest BCUT2D eigenvalue weighted by Crippen LogP contribution is 2.08. The van der Waals surface area contributed by atoms with Crippen LogP contribution in [0.25, 0.3) is 0 Å². The first-order valence-corrected chi connectivity index (χ1v) is 21.2. The van der Waals surface area contributed by atoms with Crippen LogP contribution < -0.4 is 26.6 Å². The van der Waals surface area contributed by atoms with Crippen LogP contribution in [0.2, 0.25) is 0 Å². The Morgan fingerprint density at radius 3 is 0.869 bits per heavy atom. The van der Waals surface area contributed by atoms with Crippen LogP contribution in [0.3, 0.4) is 0 Å². The highest BCUT2D eigenvalue weighted by molar-refractivity contribution is 6.17. The zero-order valence-electron chi connectivity index (χ0n) is 36.7. The van der Waals surface area contributed by atoms with E-state index in [0.717, 1.165) is 25.7 Å². The summed E-state index contributed by atoms with van der Waals surface area (Å²) in [4.78, 5) is 136. The van der Waals surface area contributed by atoms with Gasteiger partial charge in [0.1, 0.15) is 0 Å². The van der Waals surface area contributed by atoms with E-state index in [1.165, 1.54) is 0 Å². The summed E-state index contributed by atoms with van der Waals surface area (Å²) in [7, 11) is 0. The molecule has 20 nitrogen and oxygen atoms in total. The number of rotatable bonds is 33. The van der Waals surface area contributed by atoms with E-state index in [9.17, 15) is 52.7 Å². The number of nitrogens with zero attached hydrogens (tertiary/aromatic N) is 1. The van der Waals surface area contributed by atoms with Crippen molar-refractivity contribution in [2.24, 2.45) is 17.8 Å². The Balaban J connectivity index is 4.94. The highest BCUT2D eigenvalue weighted by Gasteiger charge is 2.34. The Labute approximate surface area is 358 Å². The molecular formula is C41H68N6O14. The molecule has 3 atom stereocenters. The van der Waals surface area contributed by atoms with E-state index < -0.39 is 82.8 Å². The van der Waals surface area contributed by atoms with Crippen LogP contribution in [0.1, 0.15) is 119 Å². The molecule has 0 saturated carbocycles. The first kappa shape index (κ1) is 55.6. The zero-order valence-corrected chi connectivity index (χ0v) is 36.7. The molecule has 7 amide bonds. The van der Waals surface area contributed by atoms with Gasteiger partial charge >= 0.3 is 30.0 Å². The van der Waals surface area contributed by atoms with Gasteiger partial charge in [-0.1, -0.05) is 38.5 Å². The van der Waals surface area contributed by atoms with Gasteiger partial charge in [-0.25, -0.2) is 14.5 Å². The smallest absolute Gasteiger partial charge is 0.326 e. The maximum atomic E-state index is 13.2. The summed E-state index contributed by atoms with van der Waals surface area (Å²) in [6, 6.07) is -1.16. The van der Waals surface area contributed by atoms with Crippen LogP contribution >= 0.6 is 0 Å². The van der Waals surface area contributed by atoms with Gasteiger partial charge in [0, 0.05) is 39.3 Å². The quantitative estimate of drug-likeness (QED) is 0.0273. The van der Waals surface area contributed by atoms with Crippen LogP contribution in [-0.2, 0) is 57.4 Å². The van der Waals surface area contributed by atoms with Crippen molar-refractivity contribution >= 4 is 65.0 Å². The molecule has 0 aliphatic heterocycles. The first-order valence-electron chi connectivity index (χ1n) is 21.2. The molecule has 0 aliphatic carbocycles. The van der Waals surface area contributed by atoms with Crippen molar-refractivity contribution in [3.63, 3.8) is 0 Å². The minimum absolute atomic E-state index is 0.0346. The Morgan fingerprint density at radius 2 is 0.623 bits per heavy atom. The second kappa shape index (κ2) is 33.3. The third kappa shape index (κ3) is 23.8. The maximum absolute atomic E-state index is 13.2. The molecule has 0 spiro atoms. The molecule has 0 aromatic heterocycles. The molecule has 5 N–H and O–H groups in total. The first-order chi connectivity index (χ1) is 29.0. The fourth-order valence-corrected chi connectivity index (χ4v) is 5.82. The van der Waals surface area contributed by atoms with Crippen molar-refractivity contribution in [3.8, 4) is 0 Å². The number of hydrogen-bond donors (Lipinski definition) is 5. The maximum Gasteiger partial charge on any atom is 0.326 e. The average Bonchev–Trinajstić information content (AvgIpc) is 3.17. The van der Waals surface area contributed by atoms with Gasteiger partial charge in [-0.2, -0.15) is 0 Å². The summed E-state index contributed by atoms with van der Waals surface area (Å²) < 4.78 is 14.4. The number of carbonyl (C=O) groups is 11. The number of ether oxygens (including phenoxy) is 3. The molecule has 0 fully saturated rings. The minimum atomic E-state index is -1.53. The van der Waals surface area contributed by atoms with Gasteiger partial charge in [-0.15, -0.1) is 0 Å². The van der Waals surface area contributed by atoms with Crippen LogP contribution in [0.5, 0.6) is 0 Å². The summed E-state index contributed by atoms with van der Waals surface area (Å²) in [5.74, 6) is -11.2. The van der Waals surface area contributed by atoms with Crippen LogP contribution in [0.4, 0.5) is 9.59 Å². The Hall–Kier alpha value is -5.43. The summed E-state index contributed by atoms with van der Waals surface area (Å²) in [6.07, 6.45) is 7.26. The third-order valence-corrected chi connectivity index (χ3v) is 9.03. The molecule has 0 aromatic rings. The Bertz CT molecular complexity index is 1400. The summed E-state index contributed by atoms with van der Waals surface area (Å²) in [5.41, 5.74) is 0. The van der Waals surface area contributed by atoms with Crippen LogP contribution in [0, 0.1) is 17.8 Å². The number of ketones is 3. The average molecular weight is 869 g/mol. The summed E-state index contributed by atoms with van der Waals surface area (Å²) in [5, 5.41) is 13.3. The standard InChI is InChI=1S/C41H68N6O14/c1-7-59-37(54)31(28(4)48)34(51)42-22-16-10-12-19-25-45-40(57)47(27-21-15-14-18-24-44-36(53)33(30(6)50)39(56)61-9-3)41(58)46-26-20-13-11-17-23-43-35(52)32(29(5)49)38(55)60-8-2/h31-33H,7-27H2,1-6H3,(H,42,51)(H,43,52)(H,44,53)(H,45,57)(H,46,58). The molecule has 0 aliphatic rings. The molecule has 0 saturated heterocycles. The molecule has 0 rings (SSSR count). The van der Waals surface area contributed by atoms with Crippen molar-refractivity contribution in [1.29, 1.82) is 0 Å². The predicted molar refractivity (Wildman–Crippen MR) is 220 cm³/mol. The van der Waals surface area contributed by atoms with Crippen LogP contribution in [0.15, 0.2) is 0 Å². The number of unbranched alkanes of at least 4 members (excludes halogenated alkanes) is 9. The van der Waals surface area contributed by atoms with Gasteiger partial charge < -0.3 is 40.8 Å². The number of amides is 7. The van der Waals surface area contributed by atoms with Gasteiger partial charge in [0.2, 0.25) is 17.7 Å². The lowest BCUT2D eigenvalue weighted by Crippen LogP contribution is -2.49. The largest absolute Gasteiger partial charge is 0.465 e. The fourth-order valence-electron chi connectivity index (χ4n) is 5.82. The number of Topliss-reactive ketones (excluding diaryl/α,β-unsaturated/α-hetero) is 3. The number of urea groups is 2. The van der Waals surface area contributed by atoms with E-state index in [1.807, 2.05) is 0 Å². The third-order valence-electron chi connectivity index (χ3n) is 9.03. The Morgan fingerprint density at radius 1 is 0.377 bits per heavy atom. The topological polar surface area (TPSA) is 279 Å². The van der Waals surface area contributed by atoms with E-state index in [0.29, 0.717) is 77.0 Å². The van der Waals surface area contributed by atoms with Gasteiger partial charge in [0.25, 0.3) is 0 Å². The van der Waals surface area contributed by atoms with Gasteiger partial charge in [-0.3, -0.25) is 43.2 Å². The van der Waals surface area contributed by atoms with E-state index >= 15 is 0 Å². The molecule has 0 heterocycles. The monoisotopic (exact) mass is 868 g/mol. The lowest BCUT2D eigenvalue weighted by molar-refractivity contribution is -0.157. The second-order valence-corrected chi connectivity index (χ2v) is 14.1. The number of imide groups is 1. The normalized spacial score (nSPS) is 12.0. The molecule has 3 unspecified atom stereocenters. The molecular weight excluding hydrogens is 800 g/mol. The van der Waals surface area contributed by atoms with E-state index in [2.05, 4.69) is 26.6 Å². The number of carbonyl (C=O) groups excluding carboxylic acids is 11. The van der Waals surface area contributed by atoms with Gasteiger partial charge in [0.05, 0.1) is 19.8 Å². The van der Waals surface area contributed by atoms with E-state index in [-0.39, 0.29) is 59.1 Å². The molecule has 61 heavy (non-hydrogen) atoms. The number of esters is 3. The van der Waals surface area contributed by atoms with E-state index in [4.69, 9.17) is 14.2 Å². The van der Waals surface area contributed by atoms with Crippen molar-refractivity contribution in [2.45, 2.75) is 119 Å². The van der Waals surface area contributed by atoms with Crippen molar-refractivity contribution in [3.05, 3.63) is 0 Å². The van der Waals surface area contributed by atoms with Gasteiger partial charge in [0.15, 0.2) is 35.1 Å². The van der Waals surface area contributed by atoms with Crippen molar-refractivity contribution in [1.82, 2.24) is 31.5 Å². The van der Waals surface area contributed by atoms with Crippen molar-refractivity contribution < 1.29 is 67.0 Å². The predicted octanol–water partition coefficient (Wildman–Crippen LogP) is 2.04. The minimum Gasteiger partial charge on any atom is -0.465 e. The highest BCUT2D eigenvalue weighted by atomic mass is 16.5. The molecule has 346 valence electrons. The fraction of sp³-hybridized carbons (Fsp3) is 0.732. The SMILES string of the molecule is CCOC(=O)C(C(C)=O)C(=O)NCCCCCCNC(=O)N(CCCCCCNC(=O)C(C(C)=O)C(=O)OCC)C(=O)NCCCCCCNC(=O)C(C(C)=O)C(=O)OCC. The summed E-state index contributed by atoms with van der Waals surface area (Å²) >= 11 is 0. The second-order valence-electron chi connectivity index (χ2n) is 14.1. The van der Waals surface area contributed by atoms with E-state index in [1.54, 1.807) is 20.8 Å². The van der Waals surface area contributed by atoms with Crippen LogP contribution in [-0.4, -0.2) is 129 Å². The molecule has 20 heteroatoms. The lowest BCUT2D eigenvalue weighted by atomic mass is 10.0. The van der Waals surface area contributed by atoms with Gasteiger partial charge in [-0.05, 0) is 80.1 Å². The molecule has 0 bridgehead atoms. The number of hydrogen-bond acceptors (Lipinski definition) is 14.